The van der Waals surface area contributed by atoms with Crippen molar-refractivity contribution in [2.24, 2.45) is 4.99 Å². The molecule has 0 aliphatic carbocycles. The zero-order valence-corrected chi connectivity index (χ0v) is 13.6. The van der Waals surface area contributed by atoms with Crippen LogP contribution in [0.25, 0.3) is 0 Å². The highest BCUT2D eigenvalue weighted by atomic mass is 35.5. The van der Waals surface area contributed by atoms with Crippen LogP contribution in [0.1, 0.15) is 11.3 Å². The average Bonchev–Trinajstić information content (AvgIpc) is 3.13. The summed E-state index contributed by atoms with van der Waals surface area (Å²) in [5.41, 5.74) is 0. The van der Waals surface area contributed by atoms with Gasteiger partial charge in [-0.2, -0.15) is 5.10 Å². The van der Waals surface area contributed by atoms with E-state index in [1.165, 1.54) is 4.88 Å². The van der Waals surface area contributed by atoms with Gasteiger partial charge in [0.05, 0.1) is 4.34 Å². The molecule has 2 N–H and O–H groups in total. The van der Waals surface area contributed by atoms with Gasteiger partial charge < -0.3 is 10.6 Å². The van der Waals surface area contributed by atoms with E-state index in [1.54, 1.807) is 24.6 Å². The van der Waals surface area contributed by atoms with E-state index in [1.807, 2.05) is 23.0 Å². The molecule has 0 aromatic carbocycles. The van der Waals surface area contributed by atoms with Crippen molar-refractivity contribution in [3.8, 4) is 0 Å². The molecule has 2 heterocycles. The third-order valence-corrected chi connectivity index (χ3v) is 4.22. The first-order valence-corrected chi connectivity index (χ1v) is 8.13. The van der Waals surface area contributed by atoms with E-state index in [4.69, 9.17) is 11.6 Å². The quantitative estimate of drug-likeness (QED) is 0.467. The van der Waals surface area contributed by atoms with Crippen LogP contribution in [-0.2, 0) is 13.0 Å². The summed E-state index contributed by atoms with van der Waals surface area (Å²) in [4.78, 5) is 5.49. The summed E-state index contributed by atoms with van der Waals surface area (Å²) in [6, 6.07) is 5.93. The molecule has 2 aromatic rings. The SMILES string of the molecule is CN=C(NCCCn1cccn1)NCCc1ccc(Cl)s1. The van der Waals surface area contributed by atoms with E-state index in [0.29, 0.717) is 0 Å². The summed E-state index contributed by atoms with van der Waals surface area (Å²) in [5.74, 6) is 0.832. The summed E-state index contributed by atoms with van der Waals surface area (Å²) >= 11 is 7.53. The lowest BCUT2D eigenvalue weighted by Gasteiger charge is -2.11. The van der Waals surface area contributed by atoms with Gasteiger partial charge in [0.15, 0.2) is 5.96 Å². The third-order valence-electron chi connectivity index (χ3n) is 2.93. The van der Waals surface area contributed by atoms with Crippen LogP contribution in [-0.4, -0.2) is 35.9 Å². The van der Waals surface area contributed by atoms with Gasteiger partial charge in [0.2, 0.25) is 0 Å². The standard InChI is InChI=1S/C14H20ClN5S/c1-16-14(17-7-2-10-20-11-3-8-19-20)18-9-6-12-4-5-13(15)21-12/h3-5,8,11H,2,6-7,9-10H2,1H3,(H2,16,17,18). The molecule has 0 bridgehead atoms. The van der Waals surface area contributed by atoms with Crippen LogP contribution in [0.15, 0.2) is 35.6 Å². The highest BCUT2D eigenvalue weighted by Gasteiger charge is 2.00. The van der Waals surface area contributed by atoms with Gasteiger partial charge >= 0.3 is 0 Å². The minimum atomic E-state index is 0.832. The number of aliphatic imine (C=N–C) groups is 1. The monoisotopic (exact) mass is 325 g/mol. The molecule has 7 heteroatoms. The van der Waals surface area contributed by atoms with Gasteiger partial charge in [-0.05, 0) is 31.0 Å². The molecule has 0 saturated carbocycles. The molecule has 2 aromatic heterocycles. The molecule has 0 amide bonds. The molecule has 0 fully saturated rings. The van der Waals surface area contributed by atoms with Gasteiger partial charge in [-0.25, -0.2) is 0 Å². The number of aromatic nitrogens is 2. The maximum absolute atomic E-state index is 5.91. The number of hydrogen-bond donors (Lipinski definition) is 2. The Morgan fingerprint density at radius 3 is 2.90 bits per heavy atom. The number of aryl methyl sites for hydroxylation is 1. The van der Waals surface area contributed by atoms with Crippen molar-refractivity contribution in [2.75, 3.05) is 20.1 Å². The highest BCUT2D eigenvalue weighted by molar-refractivity contribution is 7.16. The molecule has 0 saturated heterocycles. The lowest BCUT2D eigenvalue weighted by atomic mass is 10.3. The van der Waals surface area contributed by atoms with E-state index in [-0.39, 0.29) is 0 Å². The molecule has 0 radical (unpaired) electrons. The van der Waals surface area contributed by atoms with E-state index >= 15 is 0 Å². The molecule has 5 nitrogen and oxygen atoms in total. The van der Waals surface area contributed by atoms with Crippen LogP contribution in [0, 0.1) is 0 Å². The lowest BCUT2D eigenvalue weighted by molar-refractivity contribution is 0.570. The molecule has 2 rings (SSSR count). The fraction of sp³-hybridized carbons (Fsp3) is 0.429. The summed E-state index contributed by atoms with van der Waals surface area (Å²) in [7, 11) is 1.78. The maximum atomic E-state index is 5.91. The molecule has 21 heavy (non-hydrogen) atoms. The van der Waals surface area contributed by atoms with Crippen LogP contribution in [0.3, 0.4) is 0 Å². The number of thiophene rings is 1. The zero-order valence-electron chi connectivity index (χ0n) is 12.1. The van der Waals surface area contributed by atoms with Crippen LogP contribution >= 0.6 is 22.9 Å². The van der Waals surface area contributed by atoms with Crippen molar-refractivity contribution in [1.29, 1.82) is 0 Å². The van der Waals surface area contributed by atoms with Crippen molar-refractivity contribution in [3.63, 3.8) is 0 Å². The Hall–Kier alpha value is -1.53. The summed E-state index contributed by atoms with van der Waals surface area (Å²) in [6.07, 6.45) is 5.72. The molecule has 0 aliphatic rings. The Bertz CT molecular complexity index is 549. The van der Waals surface area contributed by atoms with Crippen LogP contribution in [0.2, 0.25) is 4.34 Å². The van der Waals surface area contributed by atoms with Crippen LogP contribution < -0.4 is 10.6 Å². The van der Waals surface area contributed by atoms with Crippen molar-refractivity contribution in [2.45, 2.75) is 19.4 Å². The molecule has 0 unspecified atom stereocenters. The fourth-order valence-corrected chi connectivity index (χ4v) is 2.98. The van der Waals surface area contributed by atoms with Crippen molar-refractivity contribution in [1.82, 2.24) is 20.4 Å². The Balaban J connectivity index is 1.59. The first-order chi connectivity index (χ1) is 10.3. The van der Waals surface area contributed by atoms with E-state index in [0.717, 1.165) is 42.8 Å². The predicted octanol–water partition coefficient (Wildman–Crippen LogP) is 2.40. The smallest absolute Gasteiger partial charge is 0.190 e. The van der Waals surface area contributed by atoms with E-state index in [2.05, 4.69) is 26.8 Å². The highest BCUT2D eigenvalue weighted by Crippen LogP contribution is 2.21. The van der Waals surface area contributed by atoms with Crippen molar-refractivity contribution < 1.29 is 0 Å². The zero-order chi connectivity index (χ0) is 14.9. The predicted molar refractivity (Wildman–Crippen MR) is 89.2 cm³/mol. The number of hydrogen-bond acceptors (Lipinski definition) is 3. The average molecular weight is 326 g/mol. The van der Waals surface area contributed by atoms with E-state index < -0.39 is 0 Å². The largest absolute Gasteiger partial charge is 0.356 e. The van der Waals surface area contributed by atoms with Gasteiger partial charge in [0.1, 0.15) is 0 Å². The van der Waals surface area contributed by atoms with Crippen LogP contribution in [0.4, 0.5) is 0 Å². The number of rotatable bonds is 7. The van der Waals surface area contributed by atoms with Crippen molar-refractivity contribution >= 4 is 28.9 Å². The lowest BCUT2D eigenvalue weighted by Crippen LogP contribution is -2.38. The molecular formula is C14H20ClN5S. The van der Waals surface area contributed by atoms with Gasteiger partial charge in [-0.15, -0.1) is 11.3 Å². The molecule has 0 atom stereocenters. The summed E-state index contributed by atoms with van der Waals surface area (Å²) in [6.45, 7) is 2.62. The van der Waals surface area contributed by atoms with Gasteiger partial charge in [-0.1, -0.05) is 11.6 Å². The normalized spacial score (nSPS) is 11.6. The number of nitrogens with zero attached hydrogens (tertiary/aromatic N) is 3. The number of nitrogens with one attached hydrogen (secondary N) is 2. The van der Waals surface area contributed by atoms with E-state index in [9.17, 15) is 0 Å². The van der Waals surface area contributed by atoms with Gasteiger partial charge in [0.25, 0.3) is 0 Å². The summed E-state index contributed by atoms with van der Waals surface area (Å²) < 4.78 is 2.77. The fourth-order valence-electron chi connectivity index (χ4n) is 1.89. The van der Waals surface area contributed by atoms with Gasteiger partial charge in [0, 0.05) is 44.0 Å². The first kappa shape index (κ1) is 15.9. The minimum Gasteiger partial charge on any atom is -0.356 e. The minimum absolute atomic E-state index is 0.832. The van der Waals surface area contributed by atoms with Gasteiger partial charge in [-0.3, -0.25) is 9.67 Å². The second-order valence-electron chi connectivity index (χ2n) is 4.50. The molecule has 114 valence electrons. The third kappa shape index (κ3) is 5.77. The molecule has 0 aliphatic heterocycles. The Morgan fingerprint density at radius 1 is 1.38 bits per heavy atom. The molecule has 0 spiro atoms. The summed E-state index contributed by atoms with van der Waals surface area (Å²) in [5, 5.41) is 10.8. The first-order valence-electron chi connectivity index (χ1n) is 6.94. The Morgan fingerprint density at radius 2 is 2.24 bits per heavy atom. The Labute approximate surface area is 134 Å². The second kappa shape index (κ2) is 8.69. The van der Waals surface area contributed by atoms with Crippen molar-refractivity contribution in [3.05, 3.63) is 39.8 Å². The number of guanidine groups is 1. The number of halogens is 1. The maximum Gasteiger partial charge on any atom is 0.190 e. The topological polar surface area (TPSA) is 54.2 Å². The second-order valence-corrected chi connectivity index (χ2v) is 6.30. The molecular weight excluding hydrogens is 306 g/mol. The van der Waals surface area contributed by atoms with Crippen LogP contribution in [0.5, 0.6) is 0 Å². The Kier molecular flexibility index (Phi) is 6.56.